The minimum absolute atomic E-state index is 0. The number of hydrogen-bond acceptors (Lipinski definition) is 3. The molecule has 4 N–H and O–H groups in total. The first-order chi connectivity index (χ1) is 10.5. The van der Waals surface area contributed by atoms with Crippen LogP contribution in [0.2, 0.25) is 0 Å². The van der Waals surface area contributed by atoms with Crippen molar-refractivity contribution >= 4 is 18.4 Å². The first-order valence-electron chi connectivity index (χ1n) is 6.76. The summed E-state index contributed by atoms with van der Waals surface area (Å²) >= 11 is 0. The highest BCUT2D eigenvalue weighted by Gasteiger charge is 2.06. The Labute approximate surface area is 139 Å². The maximum atomic E-state index is 12.5. The summed E-state index contributed by atoms with van der Waals surface area (Å²) in [7, 11) is 0. The van der Waals surface area contributed by atoms with Gasteiger partial charge in [0.25, 0.3) is 5.56 Å². The lowest BCUT2D eigenvalue weighted by Gasteiger charge is -2.09. The Morgan fingerprint density at radius 2 is 1.87 bits per heavy atom. The van der Waals surface area contributed by atoms with E-state index in [0.29, 0.717) is 17.8 Å². The van der Waals surface area contributed by atoms with Gasteiger partial charge in [-0.3, -0.25) is 4.79 Å². The largest absolute Gasteiger partial charge is 0.370 e. The minimum Gasteiger partial charge on any atom is -0.370 e. The second-order valence-electron chi connectivity index (χ2n) is 4.96. The monoisotopic (exact) mass is 339 g/mol. The van der Waals surface area contributed by atoms with E-state index in [4.69, 9.17) is 11.5 Å². The minimum atomic E-state index is -0.508. The summed E-state index contributed by atoms with van der Waals surface area (Å²) < 4.78 is 13.8. The molecule has 23 heavy (non-hydrogen) atoms. The van der Waals surface area contributed by atoms with E-state index in [9.17, 15) is 9.18 Å². The second-order valence-corrected chi connectivity index (χ2v) is 4.96. The third-order valence-electron chi connectivity index (χ3n) is 3.21. The van der Waals surface area contributed by atoms with Gasteiger partial charge in [-0.25, -0.2) is 14.1 Å². The maximum Gasteiger partial charge on any atom is 0.267 e. The van der Waals surface area contributed by atoms with E-state index in [-0.39, 0.29) is 30.5 Å². The van der Waals surface area contributed by atoms with E-state index in [1.54, 1.807) is 31.2 Å². The molecule has 2 aromatic rings. The summed E-state index contributed by atoms with van der Waals surface area (Å²) in [5.41, 5.74) is 13.2. The molecule has 0 atom stereocenters. The van der Waals surface area contributed by atoms with Crippen LogP contribution in [-0.4, -0.2) is 15.7 Å². The molecule has 6 nitrogen and oxygen atoms in total. The van der Waals surface area contributed by atoms with Crippen molar-refractivity contribution < 1.29 is 4.39 Å². The fraction of sp³-hybridized carbons (Fsp3) is 0.267. The van der Waals surface area contributed by atoms with Gasteiger partial charge in [0.05, 0.1) is 18.8 Å². The van der Waals surface area contributed by atoms with E-state index < -0.39 is 6.67 Å². The fourth-order valence-electron chi connectivity index (χ4n) is 1.96. The molecule has 0 bridgehead atoms. The quantitative estimate of drug-likeness (QED) is 0.632. The number of hydrogen-bond donors (Lipinski definition) is 2. The molecule has 2 rings (SSSR count). The summed E-state index contributed by atoms with van der Waals surface area (Å²) in [5.74, 6) is -0.0271. The van der Waals surface area contributed by atoms with Gasteiger partial charge in [-0.1, -0.05) is 24.3 Å². The van der Waals surface area contributed by atoms with Gasteiger partial charge in [0.15, 0.2) is 5.96 Å². The van der Waals surface area contributed by atoms with E-state index in [1.807, 2.05) is 0 Å². The Morgan fingerprint density at radius 3 is 2.43 bits per heavy atom. The molecular formula is C15H19ClFN5O. The van der Waals surface area contributed by atoms with Crippen LogP contribution < -0.4 is 17.0 Å². The van der Waals surface area contributed by atoms with Gasteiger partial charge in [-0.05, 0) is 23.6 Å². The predicted octanol–water partition coefficient (Wildman–Crippen LogP) is 1.26. The first-order valence-corrected chi connectivity index (χ1v) is 6.76. The van der Waals surface area contributed by atoms with Crippen LogP contribution in [0.25, 0.3) is 0 Å². The first kappa shape index (κ1) is 18.6. The van der Waals surface area contributed by atoms with E-state index in [1.165, 1.54) is 10.7 Å². The molecule has 0 aliphatic rings. The average Bonchev–Trinajstić information content (AvgIpc) is 2.49. The van der Waals surface area contributed by atoms with Crippen molar-refractivity contribution in [2.75, 3.05) is 0 Å². The highest BCUT2D eigenvalue weighted by atomic mass is 35.5. The Kier molecular flexibility index (Phi) is 6.71. The lowest BCUT2D eigenvalue weighted by atomic mass is 10.1. The average molecular weight is 340 g/mol. The number of alkyl halides is 1. The van der Waals surface area contributed by atoms with Gasteiger partial charge >= 0.3 is 0 Å². The van der Waals surface area contributed by atoms with E-state index in [0.717, 1.165) is 11.1 Å². The molecule has 0 spiro atoms. The Bertz CT molecular complexity index is 739. The molecule has 0 unspecified atom stereocenters. The van der Waals surface area contributed by atoms with Gasteiger partial charge in [-0.15, -0.1) is 12.4 Å². The summed E-state index contributed by atoms with van der Waals surface area (Å²) in [6, 6.07) is 8.43. The zero-order chi connectivity index (χ0) is 16.1. The normalized spacial score (nSPS) is 10.0. The number of halogens is 2. The van der Waals surface area contributed by atoms with Crippen molar-refractivity contribution in [3.8, 4) is 0 Å². The molecule has 1 heterocycles. The van der Waals surface area contributed by atoms with Crippen molar-refractivity contribution in [2.24, 2.45) is 16.5 Å². The van der Waals surface area contributed by atoms with E-state index in [2.05, 4.69) is 10.1 Å². The van der Waals surface area contributed by atoms with Crippen molar-refractivity contribution in [1.82, 2.24) is 9.78 Å². The smallest absolute Gasteiger partial charge is 0.267 e. The number of aromatic nitrogens is 2. The number of nitrogens with zero attached hydrogens (tertiary/aromatic N) is 3. The van der Waals surface area contributed by atoms with Crippen molar-refractivity contribution in [3.05, 3.63) is 63.1 Å². The molecule has 0 amide bonds. The zero-order valence-electron chi connectivity index (χ0n) is 12.7. The van der Waals surface area contributed by atoms with Gasteiger partial charge in [0, 0.05) is 6.07 Å². The third-order valence-corrected chi connectivity index (χ3v) is 3.21. The van der Waals surface area contributed by atoms with Crippen molar-refractivity contribution in [2.45, 2.75) is 26.7 Å². The molecule has 124 valence electrons. The Hall–Kier alpha value is -2.41. The van der Waals surface area contributed by atoms with E-state index >= 15 is 0 Å². The number of benzene rings is 1. The molecule has 1 aromatic carbocycles. The lowest BCUT2D eigenvalue weighted by Crippen LogP contribution is -2.26. The van der Waals surface area contributed by atoms with Crippen LogP contribution in [0.5, 0.6) is 0 Å². The molecule has 0 saturated carbocycles. The number of aryl methyl sites for hydroxylation is 1. The summed E-state index contributed by atoms with van der Waals surface area (Å²) in [5, 5.41) is 4.29. The van der Waals surface area contributed by atoms with Gasteiger partial charge in [-0.2, -0.15) is 5.10 Å². The van der Waals surface area contributed by atoms with Crippen LogP contribution in [0.4, 0.5) is 4.39 Å². The standard InChI is InChI=1S/C15H18FN5O.ClH/c1-10-6-14(22)21(20-13(10)8-19-15(17)18)9-12-4-2-11(7-16)3-5-12;/h2-6H,7-9H2,1H3,(H4,17,18,19);1H. The van der Waals surface area contributed by atoms with Crippen LogP contribution in [0.3, 0.4) is 0 Å². The molecule has 0 aliphatic carbocycles. The van der Waals surface area contributed by atoms with Crippen LogP contribution >= 0.6 is 12.4 Å². The Morgan fingerprint density at radius 1 is 1.26 bits per heavy atom. The molecule has 0 radical (unpaired) electrons. The van der Waals surface area contributed by atoms with Crippen molar-refractivity contribution in [3.63, 3.8) is 0 Å². The second kappa shape index (κ2) is 8.28. The van der Waals surface area contributed by atoms with Crippen LogP contribution in [0, 0.1) is 6.92 Å². The van der Waals surface area contributed by atoms with Crippen LogP contribution in [-0.2, 0) is 19.8 Å². The molecule has 0 aliphatic heterocycles. The predicted molar refractivity (Wildman–Crippen MR) is 90.4 cm³/mol. The summed E-state index contributed by atoms with van der Waals surface area (Å²) in [6.07, 6.45) is 0. The molecule has 0 saturated heterocycles. The molecule has 0 fully saturated rings. The highest BCUT2D eigenvalue weighted by molar-refractivity contribution is 5.85. The number of nitrogens with two attached hydrogens (primary N) is 2. The van der Waals surface area contributed by atoms with Crippen molar-refractivity contribution in [1.29, 1.82) is 0 Å². The highest BCUT2D eigenvalue weighted by Crippen LogP contribution is 2.08. The third kappa shape index (κ3) is 5.07. The Balaban J connectivity index is 0.00000264. The van der Waals surface area contributed by atoms with Gasteiger partial charge < -0.3 is 11.5 Å². The van der Waals surface area contributed by atoms with Crippen LogP contribution in [0.1, 0.15) is 22.4 Å². The summed E-state index contributed by atoms with van der Waals surface area (Å²) in [6.45, 7) is 1.80. The zero-order valence-corrected chi connectivity index (χ0v) is 13.5. The number of guanidine groups is 1. The van der Waals surface area contributed by atoms with Crippen LogP contribution in [0.15, 0.2) is 40.1 Å². The summed E-state index contributed by atoms with van der Waals surface area (Å²) in [4.78, 5) is 15.9. The van der Waals surface area contributed by atoms with Gasteiger partial charge in [0.1, 0.15) is 6.67 Å². The molecular weight excluding hydrogens is 321 g/mol. The van der Waals surface area contributed by atoms with Gasteiger partial charge in [0.2, 0.25) is 0 Å². The number of aliphatic imine (C=N–C) groups is 1. The lowest BCUT2D eigenvalue weighted by molar-refractivity contribution is 0.485. The fourth-order valence-corrected chi connectivity index (χ4v) is 1.96. The molecule has 1 aromatic heterocycles. The molecule has 8 heteroatoms. The maximum absolute atomic E-state index is 12.5. The topological polar surface area (TPSA) is 99.3 Å². The number of rotatable bonds is 5. The SMILES string of the molecule is Cc1cc(=O)n(Cc2ccc(CF)cc2)nc1CN=C(N)N.Cl.